The lowest BCUT2D eigenvalue weighted by Gasteiger charge is -2.19. The first kappa shape index (κ1) is 15.3. The molecule has 1 aliphatic heterocycles. The van der Waals surface area contributed by atoms with Crippen molar-refractivity contribution in [3.8, 4) is 6.07 Å². The number of carbonyl (C=O) groups is 1. The summed E-state index contributed by atoms with van der Waals surface area (Å²) in [6.07, 6.45) is -0.380. The molecule has 1 fully saturated rings. The van der Waals surface area contributed by atoms with E-state index in [1.165, 1.54) is 4.90 Å². The molecule has 108 valence electrons. The zero-order valence-electron chi connectivity index (χ0n) is 10.6. The smallest absolute Gasteiger partial charge is 0.407 e. The first-order valence-electron chi connectivity index (χ1n) is 5.81. The normalized spacial score (nSPS) is 22.0. The molecule has 0 bridgehead atoms. The van der Waals surface area contributed by atoms with E-state index in [0.717, 1.165) is 0 Å². The number of halogens is 2. The van der Waals surface area contributed by atoms with Gasteiger partial charge in [-0.25, -0.2) is 4.79 Å². The van der Waals surface area contributed by atoms with E-state index in [1.54, 1.807) is 11.8 Å². The Bertz CT molecular complexity index is 569. The number of rotatable bonds is 3. The minimum Gasteiger partial charge on any atom is -0.465 e. The van der Waals surface area contributed by atoms with Crippen LogP contribution in [0.25, 0.3) is 0 Å². The van der Waals surface area contributed by atoms with E-state index >= 15 is 0 Å². The molecule has 1 aromatic heterocycles. The Morgan fingerprint density at radius 2 is 2.35 bits per heavy atom. The van der Waals surface area contributed by atoms with Crippen LogP contribution in [0.1, 0.15) is 18.0 Å². The standard InChI is InChI=1S/C11H12Br2N4O3/c1-20-5-7-2-6(4-16(7)11(18)19)17-10(13)8(3-14)9(12)15-17/h6-7H,2,4-5H2,1H3,(H,18,19)/t6?,7-/m1/s1. The number of likely N-dealkylation sites (tertiary alicyclic amines) is 1. The van der Waals surface area contributed by atoms with Gasteiger partial charge in [0.05, 0.1) is 18.7 Å². The molecular formula is C11H12Br2N4O3. The SMILES string of the molecule is COC[C@H]1CC(n2nc(Br)c(C#N)c2Br)CN1C(=O)O. The maximum absolute atomic E-state index is 11.2. The number of ether oxygens (including phenoxy) is 1. The molecule has 1 N–H and O–H groups in total. The maximum atomic E-state index is 11.2. The summed E-state index contributed by atoms with van der Waals surface area (Å²) in [6.45, 7) is 0.662. The summed E-state index contributed by atoms with van der Waals surface area (Å²) in [6, 6.07) is 1.71. The molecule has 2 heterocycles. The lowest BCUT2D eigenvalue weighted by molar-refractivity contribution is 0.0990. The van der Waals surface area contributed by atoms with E-state index in [0.29, 0.717) is 34.3 Å². The van der Waals surface area contributed by atoms with Crippen molar-refractivity contribution in [2.75, 3.05) is 20.3 Å². The van der Waals surface area contributed by atoms with Crippen molar-refractivity contribution in [1.82, 2.24) is 14.7 Å². The number of methoxy groups -OCH3 is 1. The van der Waals surface area contributed by atoms with Gasteiger partial charge in [-0.1, -0.05) is 0 Å². The van der Waals surface area contributed by atoms with Crippen molar-refractivity contribution in [1.29, 1.82) is 5.26 Å². The summed E-state index contributed by atoms with van der Waals surface area (Å²) in [5.41, 5.74) is 0.405. The fourth-order valence-electron chi connectivity index (χ4n) is 2.38. The summed E-state index contributed by atoms with van der Waals surface area (Å²) >= 11 is 6.57. The number of amides is 1. The highest BCUT2D eigenvalue weighted by atomic mass is 79.9. The fraction of sp³-hybridized carbons (Fsp3) is 0.545. The van der Waals surface area contributed by atoms with Crippen LogP contribution in [-0.2, 0) is 4.74 Å². The minimum atomic E-state index is -0.975. The highest BCUT2D eigenvalue weighted by Gasteiger charge is 2.37. The van der Waals surface area contributed by atoms with E-state index in [2.05, 4.69) is 37.0 Å². The van der Waals surface area contributed by atoms with Gasteiger partial charge in [0.25, 0.3) is 0 Å². The zero-order valence-corrected chi connectivity index (χ0v) is 13.8. The molecule has 2 rings (SSSR count). The van der Waals surface area contributed by atoms with Gasteiger partial charge in [0.2, 0.25) is 0 Å². The Labute approximate surface area is 132 Å². The summed E-state index contributed by atoms with van der Waals surface area (Å²) < 4.78 is 7.71. The van der Waals surface area contributed by atoms with Gasteiger partial charge in [-0.15, -0.1) is 0 Å². The quantitative estimate of drug-likeness (QED) is 0.829. The molecule has 20 heavy (non-hydrogen) atoms. The molecule has 1 aliphatic rings. The van der Waals surface area contributed by atoms with Crippen LogP contribution in [0, 0.1) is 11.3 Å². The van der Waals surface area contributed by atoms with Crippen molar-refractivity contribution < 1.29 is 14.6 Å². The summed E-state index contributed by atoms with van der Waals surface area (Å²) in [5, 5.41) is 22.5. The molecule has 0 radical (unpaired) electrons. The van der Waals surface area contributed by atoms with Gasteiger partial charge in [-0.3, -0.25) is 4.68 Å². The number of hydrogen-bond acceptors (Lipinski definition) is 4. The molecule has 1 amide bonds. The molecular weight excluding hydrogens is 396 g/mol. The van der Waals surface area contributed by atoms with Gasteiger partial charge >= 0.3 is 6.09 Å². The molecule has 0 aromatic carbocycles. The zero-order chi connectivity index (χ0) is 14.9. The van der Waals surface area contributed by atoms with E-state index in [1.807, 2.05) is 6.07 Å². The Morgan fingerprint density at radius 1 is 1.65 bits per heavy atom. The fourth-order valence-corrected chi connectivity index (χ4v) is 3.73. The molecule has 9 heteroatoms. The van der Waals surface area contributed by atoms with Crippen LogP contribution >= 0.6 is 31.9 Å². The second kappa shape index (κ2) is 6.11. The third kappa shape index (κ3) is 2.68. The predicted molar refractivity (Wildman–Crippen MR) is 76.4 cm³/mol. The number of aromatic nitrogens is 2. The van der Waals surface area contributed by atoms with Crippen LogP contribution in [-0.4, -0.2) is 52.2 Å². The maximum Gasteiger partial charge on any atom is 0.407 e. The number of carboxylic acid groups (broad SMARTS) is 1. The van der Waals surface area contributed by atoms with Crippen molar-refractivity contribution in [3.05, 3.63) is 14.8 Å². The first-order chi connectivity index (χ1) is 9.49. The highest BCUT2D eigenvalue weighted by Crippen LogP contribution is 2.33. The number of nitriles is 1. The van der Waals surface area contributed by atoms with Gasteiger partial charge < -0.3 is 14.7 Å². The van der Waals surface area contributed by atoms with E-state index < -0.39 is 6.09 Å². The van der Waals surface area contributed by atoms with Gasteiger partial charge in [-0.05, 0) is 38.3 Å². The average Bonchev–Trinajstić information content (AvgIpc) is 2.92. The Morgan fingerprint density at radius 3 is 2.85 bits per heavy atom. The molecule has 0 aliphatic carbocycles. The van der Waals surface area contributed by atoms with E-state index in [9.17, 15) is 9.90 Å². The Kier molecular flexibility index (Phi) is 4.67. The molecule has 1 aromatic rings. The van der Waals surface area contributed by atoms with Crippen molar-refractivity contribution >= 4 is 38.0 Å². The largest absolute Gasteiger partial charge is 0.465 e. The number of nitrogens with zero attached hydrogens (tertiary/aromatic N) is 4. The summed E-state index contributed by atoms with van der Waals surface area (Å²) in [4.78, 5) is 12.6. The van der Waals surface area contributed by atoms with Crippen LogP contribution in [0.15, 0.2) is 9.21 Å². The van der Waals surface area contributed by atoms with Gasteiger partial charge in [-0.2, -0.15) is 10.4 Å². The third-order valence-corrected chi connectivity index (χ3v) is 4.58. The molecule has 2 atom stereocenters. The van der Waals surface area contributed by atoms with Crippen molar-refractivity contribution in [3.63, 3.8) is 0 Å². The molecule has 0 saturated carbocycles. The highest BCUT2D eigenvalue weighted by molar-refractivity contribution is 9.11. The van der Waals surface area contributed by atoms with Crippen molar-refractivity contribution in [2.24, 2.45) is 0 Å². The molecule has 1 saturated heterocycles. The Balaban J connectivity index is 2.27. The van der Waals surface area contributed by atoms with Gasteiger partial charge in [0, 0.05) is 13.7 Å². The second-order valence-corrected chi connectivity index (χ2v) is 5.95. The monoisotopic (exact) mass is 406 g/mol. The lowest BCUT2D eigenvalue weighted by atomic mass is 10.2. The van der Waals surface area contributed by atoms with E-state index in [4.69, 9.17) is 10.00 Å². The molecule has 0 spiro atoms. The summed E-state index contributed by atoms with van der Waals surface area (Å²) in [5.74, 6) is 0. The third-order valence-electron chi connectivity index (χ3n) is 3.26. The number of hydrogen-bond donors (Lipinski definition) is 1. The predicted octanol–water partition coefficient (Wildman–Crippen LogP) is 2.22. The lowest BCUT2D eigenvalue weighted by Crippen LogP contribution is -2.37. The first-order valence-corrected chi connectivity index (χ1v) is 7.40. The van der Waals surface area contributed by atoms with Crippen LogP contribution in [0.2, 0.25) is 0 Å². The van der Waals surface area contributed by atoms with Crippen molar-refractivity contribution in [2.45, 2.75) is 18.5 Å². The van der Waals surface area contributed by atoms with Crippen LogP contribution < -0.4 is 0 Å². The molecule has 7 nitrogen and oxygen atoms in total. The van der Waals surface area contributed by atoms with Crippen LogP contribution in [0.5, 0.6) is 0 Å². The topological polar surface area (TPSA) is 91.4 Å². The molecule has 1 unspecified atom stereocenters. The van der Waals surface area contributed by atoms with Gasteiger partial charge in [0.15, 0.2) is 0 Å². The van der Waals surface area contributed by atoms with E-state index in [-0.39, 0.29) is 12.1 Å². The minimum absolute atomic E-state index is 0.126. The second-order valence-electron chi connectivity index (χ2n) is 4.45. The Hall–Kier alpha value is -1.11. The van der Waals surface area contributed by atoms with Gasteiger partial charge in [0.1, 0.15) is 20.8 Å². The average molecular weight is 408 g/mol. The van der Waals surface area contributed by atoms with Crippen LogP contribution in [0.4, 0.5) is 4.79 Å². The summed E-state index contributed by atoms with van der Waals surface area (Å²) in [7, 11) is 1.54. The van der Waals surface area contributed by atoms with Crippen LogP contribution in [0.3, 0.4) is 0 Å².